The van der Waals surface area contributed by atoms with Crippen LogP contribution in [0.2, 0.25) is 10.0 Å². The van der Waals surface area contributed by atoms with Gasteiger partial charge in [0.1, 0.15) is 13.2 Å². The standard InChI is InChI=1S/C17H16Cl2N2O3/c18-11-1-3-14(13(19)9-11)20-6-5-17(22)21-12-2-4-15-16(10-12)24-8-7-23-15/h1-4,9-10,20H,5-8H2,(H,21,22). The molecule has 0 saturated heterocycles. The van der Waals surface area contributed by atoms with Crippen LogP contribution in [0.5, 0.6) is 11.5 Å². The lowest BCUT2D eigenvalue weighted by Crippen LogP contribution is -2.18. The minimum atomic E-state index is -0.107. The normalized spacial score (nSPS) is 12.6. The molecule has 1 aliphatic rings. The average Bonchev–Trinajstić information content (AvgIpc) is 2.57. The number of ether oxygens (including phenoxy) is 2. The highest BCUT2D eigenvalue weighted by Crippen LogP contribution is 2.32. The molecule has 0 unspecified atom stereocenters. The van der Waals surface area contributed by atoms with Crippen LogP contribution in [0.1, 0.15) is 6.42 Å². The average molecular weight is 367 g/mol. The van der Waals surface area contributed by atoms with Crippen LogP contribution in [0.25, 0.3) is 0 Å². The molecule has 126 valence electrons. The Morgan fingerprint density at radius 3 is 2.62 bits per heavy atom. The van der Waals surface area contributed by atoms with E-state index in [1.807, 2.05) is 0 Å². The molecule has 0 radical (unpaired) electrons. The zero-order chi connectivity index (χ0) is 16.9. The van der Waals surface area contributed by atoms with E-state index in [1.54, 1.807) is 36.4 Å². The van der Waals surface area contributed by atoms with Crippen LogP contribution < -0.4 is 20.1 Å². The van der Waals surface area contributed by atoms with Gasteiger partial charge in [-0.3, -0.25) is 4.79 Å². The molecule has 0 atom stereocenters. The van der Waals surface area contributed by atoms with Crippen molar-refractivity contribution in [1.29, 1.82) is 0 Å². The van der Waals surface area contributed by atoms with Gasteiger partial charge in [-0.1, -0.05) is 23.2 Å². The van der Waals surface area contributed by atoms with E-state index >= 15 is 0 Å². The summed E-state index contributed by atoms with van der Waals surface area (Å²) in [6.45, 7) is 1.51. The van der Waals surface area contributed by atoms with Gasteiger partial charge in [-0.05, 0) is 30.3 Å². The van der Waals surface area contributed by atoms with E-state index in [1.165, 1.54) is 0 Å². The van der Waals surface area contributed by atoms with Crippen LogP contribution in [0, 0.1) is 0 Å². The number of rotatable bonds is 5. The summed E-state index contributed by atoms with van der Waals surface area (Å²) in [6, 6.07) is 10.5. The van der Waals surface area contributed by atoms with E-state index in [0.29, 0.717) is 53.4 Å². The summed E-state index contributed by atoms with van der Waals surface area (Å²) in [4.78, 5) is 12.0. The molecule has 0 aliphatic carbocycles. The molecule has 1 heterocycles. The van der Waals surface area contributed by atoms with E-state index in [-0.39, 0.29) is 5.91 Å². The minimum absolute atomic E-state index is 0.107. The van der Waals surface area contributed by atoms with Crippen molar-refractivity contribution in [2.45, 2.75) is 6.42 Å². The Balaban J connectivity index is 1.50. The molecule has 1 amide bonds. The maximum absolute atomic E-state index is 12.0. The molecule has 2 aromatic rings. The maximum atomic E-state index is 12.0. The van der Waals surface area contributed by atoms with Gasteiger partial charge in [0.05, 0.1) is 10.7 Å². The lowest BCUT2D eigenvalue weighted by molar-refractivity contribution is -0.115. The first-order valence-corrected chi connectivity index (χ1v) is 8.26. The largest absolute Gasteiger partial charge is 0.486 e. The van der Waals surface area contributed by atoms with Crippen molar-refractivity contribution >= 4 is 40.5 Å². The number of hydrogen-bond donors (Lipinski definition) is 2. The third kappa shape index (κ3) is 4.24. The molecule has 2 N–H and O–H groups in total. The lowest BCUT2D eigenvalue weighted by Gasteiger charge is -2.19. The molecular formula is C17H16Cl2N2O3. The van der Waals surface area contributed by atoms with Crippen molar-refractivity contribution in [2.24, 2.45) is 0 Å². The number of hydrogen-bond acceptors (Lipinski definition) is 4. The van der Waals surface area contributed by atoms with E-state index < -0.39 is 0 Å². The molecule has 24 heavy (non-hydrogen) atoms. The van der Waals surface area contributed by atoms with Crippen LogP contribution in [-0.2, 0) is 4.79 Å². The van der Waals surface area contributed by atoms with Gasteiger partial charge in [0.25, 0.3) is 0 Å². The Bertz CT molecular complexity index is 753. The molecular weight excluding hydrogens is 351 g/mol. The van der Waals surface area contributed by atoms with Gasteiger partial charge in [0, 0.05) is 29.7 Å². The first-order chi connectivity index (χ1) is 11.6. The number of carbonyl (C=O) groups excluding carboxylic acids is 1. The molecule has 0 aromatic heterocycles. The summed E-state index contributed by atoms with van der Waals surface area (Å²) in [7, 11) is 0. The predicted octanol–water partition coefficient (Wildman–Crippen LogP) is 4.21. The topological polar surface area (TPSA) is 59.6 Å². The minimum Gasteiger partial charge on any atom is -0.486 e. The Morgan fingerprint density at radius 1 is 1.04 bits per heavy atom. The van der Waals surface area contributed by atoms with Crippen LogP contribution >= 0.6 is 23.2 Å². The zero-order valence-corrected chi connectivity index (χ0v) is 14.3. The van der Waals surface area contributed by atoms with Crippen LogP contribution in [-0.4, -0.2) is 25.7 Å². The molecule has 0 spiro atoms. The van der Waals surface area contributed by atoms with Gasteiger partial charge in [0.2, 0.25) is 5.91 Å². The van der Waals surface area contributed by atoms with Gasteiger partial charge < -0.3 is 20.1 Å². The third-order valence-electron chi connectivity index (χ3n) is 3.42. The lowest BCUT2D eigenvalue weighted by atomic mass is 10.2. The highest BCUT2D eigenvalue weighted by atomic mass is 35.5. The van der Waals surface area contributed by atoms with Gasteiger partial charge in [0.15, 0.2) is 11.5 Å². The van der Waals surface area contributed by atoms with E-state index in [0.717, 1.165) is 5.69 Å². The first kappa shape index (κ1) is 16.7. The molecule has 0 bridgehead atoms. The Morgan fingerprint density at radius 2 is 1.83 bits per heavy atom. The summed E-state index contributed by atoms with van der Waals surface area (Å²) in [5, 5.41) is 7.04. The summed E-state index contributed by atoms with van der Waals surface area (Å²) < 4.78 is 10.9. The predicted molar refractivity (Wildman–Crippen MR) is 95.6 cm³/mol. The second-order valence-electron chi connectivity index (χ2n) is 5.21. The number of amides is 1. The highest BCUT2D eigenvalue weighted by Gasteiger charge is 2.12. The monoisotopic (exact) mass is 366 g/mol. The maximum Gasteiger partial charge on any atom is 0.226 e. The molecule has 5 nitrogen and oxygen atoms in total. The van der Waals surface area contributed by atoms with E-state index in [2.05, 4.69) is 10.6 Å². The van der Waals surface area contributed by atoms with Crippen molar-refractivity contribution in [1.82, 2.24) is 0 Å². The SMILES string of the molecule is O=C(CCNc1ccc(Cl)cc1Cl)Nc1ccc2c(c1)OCCO2. The molecule has 2 aromatic carbocycles. The number of carbonyl (C=O) groups is 1. The first-order valence-electron chi connectivity index (χ1n) is 7.50. The van der Waals surface area contributed by atoms with Crippen molar-refractivity contribution < 1.29 is 14.3 Å². The number of benzene rings is 2. The van der Waals surface area contributed by atoms with Crippen LogP contribution in [0.4, 0.5) is 11.4 Å². The fraction of sp³-hybridized carbons (Fsp3) is 0.235. The molecule has 1 aliphatic heterocycles. The number of halogens is 2. The van der Waals surface area contributed by atoms with Crippen LogP contribution in [0.15, 0.2) is 36.4 Å². The number of fused-ring (bicyclic) bond motifs is 1. The number of nitrogens with one attached hydrogen (secondary N) is 2. The number of anilines is 2. The fourth-order valence-electron chi connectivity index (χ4n) is 2.29. The summed E-state index contributed by atoms with van der Waals surface area (Å²) >= 11 is 11.9. The van der Waals surface area contributed by atoms with Gasteiger partial charge in [-0.2, -0.15) is 0 Å². The highest BCUT2D eigenvalue weighted by molar-refractivity contribution is 6.36. The van der Waals surface area contributed by atoms with Crippen LogP contribution in [0.3, 0.4) is 0 Å². The van der Waals surface area contributed by atoms with Crippen molar-refractivity contribution in [2.75, 3.05) is 30.4 Å². The molecule has 7 heteroatoms. The van der Waals surface area contributed by atoms with Crippen molar-refractivity contribution in [3.8, 4) is 11.5 Å². The second kappa shape index (κ2) is 7.64. The quantitative estimate of drug-likeness (QED) is 0.832. The Kier molecular flexibility index (Phi) is 5.33. The zero-order valence-electron chi connectivity index (χ0n) is 12.8. The Hall–Kier alpha value is -2.11. The van der Waals surface area contributed by atoms with E-state index in [9.17, 15) is 4.79 Å². The summed E-state index contributed by atoms with van der Waals surface area (Å²) in [5.74, 6) is 1.23. The molecule has 3 rings (SSSR count). The molecule has 0 fully saturated rings. The van der Waals surface area contributed by atoms with Gasteiger partial charge in [-0.25, -0.2) is 0 Å². The van der Waals surface area contributed by atoms with Gasteiger partial charge in [-0.15, -0.1) is 0 Å². The van der Waals surface area contributed by atoms with E-state index in [4.69, 9.17) is 32.7 Å². The fourth-order valence-corrected chi connectivity index (χ4v) is 2.76. The Labute approximate surface area is 149 Å². The summed E-state index contributed by atoms with van der Waals surface area (Å²) in [6.07, 6.45) is 0.299. The summed E-state index contributed by atoms with van der Waals surface area (Å²) in [5.41, 5.74) is 1.42. The van der Waals surface area contributed by atoms with Crippen molar-refractivity contribution in [3.63, 3.8) is 0 Å². The smallest absolute Gasteiger partial charge is 0.226 e. The van der Waals surface area contributed by atoms with Gasteiger partial charge >= 0.3 is 0 Å². The second-order valence-corrected chi connectivity index (χ2v) is 6.05. The molecule has 0 saturated carbocycles. The van der Waals surface area contributed by atoms with Crippen molar-refractivity contribution in [3.05, 3.63) is 46.4 Å². The third-order valence-corrected chi connectivity index (χ3v) is 3.97.